The van der Waals surface area contributed by atoms with Crippen molar-refractivity contribution < 1.29 is 4.74 Å². The third kappa shape index (κ3) is 2.96. The van der Waals surface area contributed by atoms with Crippen LogP contribution >= 0.6 is 0 Å². The van der Waals surface area contributed by atoms with Gasteiger partial charge >= 0.3 is 0 Å². The van der Waals surface area contributed by atoms with Crippen LogP contribution in [0.3, 0.4) is 0 Å². The predicted octanol–water partition coefficient (Wildman–Crippen LogP) is 4.48. The van der Waals surface area contributed by atoms with Crippen molar-refractivity contribution in [2.75, 3.05) is 6.61 Å². The number of ether oxygens (including phenoxy) is 1. The fourth-order valence-electron chi connectivity index (χ4n) is 3.13. The molecule has 0 bridgehead atoms. The molecule has 3 rings (SSSR count). The van der Waals surface area contributed by atoms with Crippen LogP contribution in [-0.2, 0) is 0 Å². The first-order valence-electron chi connectivity index (χ1n) is 7.70. The normalized spacial score (nSPS) is 18.7. The second-order valence-electron chi connectivity index (χ2n) is 5.98. The van der Waals surface area contributed by atoms with E-state index in [9.17, 15) is 0 Å². The van der Waals surface area contributed by atoms with E-state index in [1.54, 1.807) is 0 Å². The number of nitrogens with one attached hydrogen (secondary N) is 1. The van der Waals surface area contributed by atoms with Gasteiger partial charge in [0.25, 0.3) is 0 Å². The summed E-state index contributed by atoms with van der Waals surface area (Å²) in [7, 11) is 0. The Kier molecular flexibility index (Phi) is 3.98. The van der Waals surface area contributed by atoms with Crippen LogP contribution < -0.4 is 10.1 Å². The zero-order valence-electron chi connectivity index (χ0n) is 13.0. The summed E-state index contributed by atoms with van der Waals surface area (Å²) in [5, 5.41) is 3.78. The maximum Gasteiger partial charge on any atom is 0.124 e. The number of hydrogen-bond donors (Lipinski definition) is 1. The van der Waals surface area contributed by atoms with E-state index in [1.165, 1.54) is 22.3 Å². The SMILES string of the molecule is Cc1ccc(C)c(C(C)NC2CCOc3ccccc32)c1. The molecule has 0 radical (unpaired) electrons. The van der Waals surface area contributed by atoms with Gasteiger partial charge in [-0.1, -0.05) is 42.0 Å². The largest absolute Gasteiger partial charge is 0.493 e. The van der Waals surface area contributed by atoms with Crippen LogP contribution in [0.2, 0.25) is 0 Å². The van der Waals surface area contributed by atoms with Crippen molar-refractivity contribution in [3.05, 3.63) is 64.7 Å². The third-order valence-electron chi connectivity index (χ3n) is 4.31. The summed E-state index contributed by atoms with van der Waals surface area (Å²) in [6.07, 6.45) is 1.02. The van der Waals surface area contributed by atoms with Gasteiger partial charge in [-0.3, -0.25) is 0 Å². The van der Waals surface area contributed by atoms with Crippen molar-refractivity contribution in [3.63, 3.8) is 0 Å². The summed E-state index contributed by atoms with van der Waals surface area (Å²) >= 11 is 0. The second kappa shape index (κ2) is 5.90. The van der Waals surface area contributed by atoms with E-state index < -0.39 is 0 Å². The minimum absolute atomic E-state index is 0.334. The Hall–Kier alpha value is -1.80. The number of hydrogen-bond acceptors (Lipinski definition) is 2. The van der Waals surface area contributed by atoms with Crippen LogP contribution in [0.1, 0.15) is 47.7 Å². The molecule has 1 heterocycles. The van der Waals surface area contributed by atoms with Gasteiger partial charge in [0.15, 0.2) is 0 Å². The topological polar surface area (TPSA) is 21.3 Å². The summed E-state index contributed by atoms with van der Waals surface area (Å²) in [6, 6.07) is 15.7. The fourth-order valence-corrected chi connectivity index (χ4v) is 3.13. The lowest BCUT2D eigenvalue weighted by Crippen LogP contribution is -2.29. The first-order valence-corrected chi connectivity index (χ1v) is 7.70. The first-order chi connectivity index (χ1) is 10.1. The highest BCUT2D eigenvalue weighted by Gasteiger charge is 2.23. The van der Waals surface area contributed by atoms with Crippen LogP contribution in [0.5, 0.6) is 5.75 Å². The summed E-state index contributed by atoms with van der Waals surface area (Å²) in [6.45, 7) is 7.37. The lowest BCUT2D eigenvalue weighted by molar-refractivity contribution is 0.246. The van der Waals surface area contributed by atoms with Crippen molar-refractivity contribution in [2.24, 2.45) is 0 Å². The molecule has 1 aliphatic rings. The standard InChI is InChI=1S/C19H23NO/c1-13-8-9-14(2)17(12-13)15(3)20-18-10-11-21-19-7-5-4-6-16(18)19/h4-9,12,15,18,20H,10-11H2,1-3H3. The molecule has 0 amide bonds. The molecule has 1 aliphatic heterocycles. The van der Waals surface area contributed by atoms with Crippen molar-refractivity contribution in [3.8, 4) is 5.75 Å². The molecule has 110 valence electrons. The van der Waals surface area contributed by atoms with Crippen LogP contribution in [0.25, 0.3) is 0 Å². The molecule has 2 nitrogen and oxygen atoms in total. The lowest BCUT2D eigenvalue weighted by Gasteiger charge is -2.30. The molecule has 2 atom stereocenters. The molecule has 0 aliphatic carbocycles. The van der Waals surface area contributed by atoms with Crippen molar-refractivity contribution >= 4 is 0 Å². The van der Waals surface area contributed by atoms with E-state index in [2.05, 4.69) is 62.5 Å². The van der Waals surface area contributed by atoms with Gasteiger partial charge in [-0.2, -0.15) is 0 Å². The van der Waals surface area contributed by atoms with Gasteiger partial charge in [0, 0.05) is 24.1 Å². The molecular formula is C19H23NO. The quantitative estimate of drug-likeness (QED) is 0.895. The number of para-hydroxylation sites is 1. The highest BCUT2D eigenvalue weighted by Crippen LogP contribution is 2.33. The van der Waals surface area contributed by atoms with Gasteiger partial charge < -0.3 is 10.1 Å². The highest BCUT2D eigenvalue weighted by molar-refractivity contribution is 5.38. The monoisotopic (exact) mass is 281 g/mol. The number of fused-ring (bicyclic) bond motifs is 1. The zero-order chi connectivity index (χ0) is 14.8. The van der Waals surface area contributed by atoms with Gasteiger partial charge in [0.1, 0.15) is 5.75 Å². The minimum atomic E-state index is 0.334. The highest BCUT2D eigenvalue weighted by atomic mass is 16.5. The predicted molar refractivity (Wildman–Crippen MR) is 86.8 cm³/mol. The minimum Gasteiger partial charge on any atom is -0.493 e. The fraction of sp³-hybridized carbons (Fsp3) is 0.368. The molecule has 0 fully saturated rings. The molecule has 2 aromatic carbocycles. The maximum absolute atomic E-state index is 5.74. The van der Waals surface area contributed by atoms with Crippen LogP contribution in [-0.4, -0.2) is 6.61 Å². The molecule has 1 N–H and O–H groups in total. The van der Waals surface area contributed by atoms with Crippen LogP contribution in [0.4, 0.5) is 0 Å². The van der Waals surface area contributed by atoms with E-state index in [-0.39, 0.29) is 0 Å². The number of aryl methyl sites for hydroxylation is 2. The molecular weight excluding hydrogens is 258 g/mol. The molecule has 2 heteroatoms. The van der Waals surface area contributed by atoms with Gasteiger partial charge in [-0.15, -0.1) is 0 Å². The molecule has 0 saturated carbocycles. The van der Waals surface area contributed by atoms with E-state index in [4.69, 9.17) is 4.74 Å². The molecule has 0 saturated heterocycles. The maximum atomic E-state index is 5.74. The molecule has 21 heavy (non-hydrogen) atoms. The van der Waals surface area contributed by atoms with E-state index in [0.29, 0.717) is 12.1 Å². The van der Waals surface area contributed by atoms with E-state index in [0.717, 1.165) is 18.8 Å². The second-order valence-corrected chi connectivity index (χ2v) is 5.98. The number of rotatable bonds is 3. The Labute approximate surface area is 127 Å². The van der Waals surface area contributed by atoms with Crippen LogP contribution in [0, 0.1) is 13.8 Å². The van der Waals surface area contributed by atoms with Crippen molar-refractivity contribution in [1.29, 1.82) is 0 Å². The number of benzene rings is 2. The van der Waals surface area contributed by atoms with Gasteiger partial charge in [0.2, 0.25) is 0 Å². The summed E-state index contributed by atoms with van der Waals surface area (Å²) < 4.78 is 5.74. The lowest BCUT2D eigenvalue weighted by atomic mass is 9.96. The zero-order valence-corrected chi connectivity index (χ0v) is 13.0. The van der Waals surface area contributed by atoms with Crippen molar-refractivity contribution in [1.82, 2.24) is 5.32 Å². The molecule has 0 spiro atoms. The molecule has 2 aromatic rings. The smallest absolute Gasteiger partial charge is 0.124 e. The average Bonchev–Trinajstić information content (AvgIpc) is 2.50. The average molecular weight is 281 g/mol. The van der Waals surface area contributed by atoms with Gasteiger partial charge in [0.05, 0.1) is 6.61 Å². The third-order valence-corrected chi connectivity index (χ3v) is 4.31. The summed E-state index contributed by atoms with van der Waals surface area (Å²) in [4.78, 5) is 0. The Morgan fingerprint density at radius 2 is 1.95 bits per heavy atom. The Balaban J connectivity index is 1.82. The first kappa shape index (κ1) is 14.2. The molecule has 2 unspecified atom stereocenters. The van der Waals surface area contributed by atoms with Crippen LogP contribution in [0.15, 0.2) is 42.5 Å². The Morgan fingerprint density at radius 3 is 2.81 bits per heavy atom. The summed E-state index contributed by atoms with van der Waals surface area (Å²) in [5.41, 5.74) is 5.33. The summed E-state index contributed by atoms with van der Waals surface area (Å²) in [5.74, 6) is 1.02. The molecule has 0 aromatic heterocycles. The van der Waals surface area contributed by atoms with E-state index >= 15 is 0 Å². The van der Waals surface area contributed by atoms with Gasteiger partial charge in [-0.05, 0) is 38.0 Å². The van der Waals surface area contributed by atoms with Gasteiger partial charge in [-0.25, -0.2) is 0 Å². The Morgan fingerprint density at radius 1 is 1.14 bits per heavy atom. The van der Waals surface area contributed by atoms with E-state index in [1.807, 2.05) is 6.07 Å². The van der Waals surface area contributed by atoms with Crippen molar-refractivity contribution in [2.45, 2.75) is 39.3 Å². The Bertz CT molecular complexity index is 635.